The molecule has 0 amide bonds. The summed E-state index contributed by atoms with van der Waals surface area (Å²) in [5, 5.41) is 0. The first-order chi connectivity index (χ1) is 27.7. The molecule has 0 aliphatic heterocycles. The number of unbranched alkanes of at least 4 members (excludes halogenated alkanes) is 30. The molecule has 0 saturated heterocycles. The Hall–Kier alpha value is -1.59. The lowest BCUT2D eigenvalue weighted by Gasteiger charge is -2.18. The molecule has 0 rings (SSSR count). The normalized spacial score (nSPS) is 12.1. The van der Waals surface area contributed by atoms with Gasteiger partial charge in [-0.2, -0.15) is 0 Å². The van der Waals surface area contributed by atoms with Gasteiger partial charge in [-0.25, -0.2) is 0 Å². The van der Waals surface area contributed by atoms with E-state index in [4.69, 9.17) is 14.2 Å². The SMILES string of the molecule is CCCCCCCCCCCCCCCCCCCCC(=O)OC[C@H](COC(=O)CCCCCCCCCC(C)C)OC(=O)CCCCCCCCCCC(C)C. The molecule has 0 saturated carbocycles. The van der Waals surface area contributed by atoms with Crippen molar-refractivity contribution in [3.63, 3.8) is 0 Å². The number of carbonyl (C=O) groups excluding carboxylic acids is 3. The summed E-state index contributed by atoms with van der Waals surface area (Å²) in [4.78, 5) is 37.8. The molecule has 0 aliphatic rings. The topological polar surface area (TPSA) is 78.9 Å². The quantitative estimate of drug-likeness (QED) is 0.0346. The van der Waals surface area contributed by atoms with Crippen molar-refractivity contribution >= 4 is 17.9 Å². The van der Waals surface area contributed by atoms with E-state index in [0.717, 1.165) is 69.6 Å². The highest BCUT2D eigenvalue weighted by atomic mass is 16.6. The standard InChI is InChI=1S/C51H98O6/c1-6-7-8-9-10-11-12-13-14-15-16-17-18-19-20-26-31-36-41-49(52)55-44-48(45-56-50(53)42-37-32-28-23-25-30-35-40-47(4)5)57-51(54)43-38-33-27-22-21-24-29-34-39-46(2)3/h46-48H,6-45H2,1-5H3/t48-/m1/s1. The van der Waals surface area contributed by atoms with Crippen molar-refractivity contribution < 1.29 is 28.6 Å². The number of rotatable bonds is 45. The molecule has 0 bridgehead atoms. The smallest absolute Gasteiger partial charge is 0.306 e. The maximum atomic E-state index is 12.7. The predicted octanol–water partition coefficient (Wildman–Crippen LogP) is 16.1. The largest absolute Gasteiger partial charge is 0.462 e. The molecule has 338 valence electrons. The minimum atomic E-state index is -0.762. The lowest BCUT2D eigenvalue weighted by Crippen LogP contribution is -2.30. The van der Waals surface area contributed by atoms with Gasteiger partial charge in [0.05, 0.1) is 0 Å². The van der Waals surface area contributed by atoms with E-state index in [9.17, 15) is 14.4 Å². The summed E-state index contributed by atoms with van der Waals surface area (Å²) in [6.45, 7) is 11.3. The van der Waals surface area contributed by atoms with Crippen LogP contribution in [0.5, 0.6) is 0 Å². The van der Waals surface area contributed by atoms with Crippen LogP contribution in [0.25, 0.3) is 0 Å². The average molecular weight is 807 g/mol. The molecule has 1 atom stereocenters. The Morgan fingerprint density at radius 3 is 0.860 bits per heavy atom. The lowest BCUT2D eigenvalue weighted by atomic mass is 10.0. The zero-order valence-corrected chi connectivity index (χ0v) is 39.0. The Labute approximate surface area is 355 Å². The Morgan fingerprint density at radius 2 is 0.579 bits per heavy atom. The summed E-state index contributed by atoms with van der Waals surface area (Å²) in [5.41, 5.74) is 0. The van der Waals surface area contributed by atoms with E-state index in [1.807, 2.05) is 0 Å². The summed E-state index contributed by atoms with van der Waals surface area (Å²) in [5.74, 6) is 0.719. The van der Waals surface area contributed by atoms with Crippen molar-refractivity contribution in [1.29, 1.82) is 0 Å². The summed E-state index contributed by atoms with van der Waals surface area (Å²) in [7, 11) is 0. The first-order valence-electron chi connectivity index (χ1n) is 25.2. The van der Waals surface area contributed by atoms with Crippen LogP contribution in [-0.4, -0.2) is 37.2 Å². The fraction of sp³-hybridized carbons (Fsp3) is 0.941. The molecular formula is C51H98O6. The molecular weight excluding hydrogens is 709 g/mol. The maximum Gasteiger partial charge on any atom is 0.306 e. The minimum absolute atomic E-state index is 0.0650. The number of ether oxygens (including phenoxy) is 3. The fourth-order valence-corrected chi connectivity index (χ4v) is 7.64. The van der Waals surface area contributed by atoms with E-state index < -0.39 is 6.10 Å². The van der Waals surface area contributed by atoms with Gasteiger partial charge < -0.3 is 14.2 Å². The van der Waals surface area contributed by atoms with Crippen LogP contribution in [0.1, 0.15) is 279 Å². The highest BCUT2D eigenvalue weighted by molar-refractivity contribution is 5.71. The van der Waals surface area contributed by atoms with Crippen LogP contribution in [0.15, 0.2) is 0 Å². The molecule has 0 unspecified atom stereocenters. The molecule has 0 heterocycles. The zero-order valence-electron chi connectivity index (χ0n) is 39.0. The number of carbonyl (C=O) groups is 3. The van der Waals surface area contributed by atoms with Crippen LogP contribution in [0.2, 0.25) is 0 Å². The zero-order chi connectivity index (χ0) is 41.9. The second-order valence-electron chi connectivity index (χ2n) is 18.4. The number of esters is 3. The molecule has 0 aromatic carbocycles. The third-order valence-corrected chi connectivity index (χ3v) is 11.5. The van der Waals surface area contributed by atoms with E-state index in [-0.39, 0.29) is 31.1 Å². The number of hydrogen-bond acceptors (Lipinski definition) is 6. The van der Waals surface area contributed by atoms with Crippen molar-refractivity contribution in [3.05, 3.63) is 0 Å². The van der Waals surface area contributed by atoms with Gasteiger partial charge >= 0.3 is 17.9 Å². The second-order valence-corrected chi connectivity index (χ2v) is 18.4. The fourth-order valence-electron chi connectivity index (χ4n) is 7.64. The summed E-state index contributed by atoms with van der Waals surface area (Å²) >= 11 is 0. The van der Waals surface area contributed by atoms with Gasteiger partial charge in [-0.1, -0.05) is 240 Å². The molecule has 0 radical (unpaired) electrons. The van der Waals surface area contributed by atoms with Gasteiger partial charge in [0.1, 0.15) is 13.2 Å². The van der Waals surface area contributed by atoms with Gasteiger partial charge in [-0.3, -0.25) is 14.4 Å². The molecule has 6 heteroatoms. The number of hydrogen-bond donors (Lipinski definition) is 0. The first kappa shape index (κ1) is 55.4. The Bertz CT molecular complexity index is 870. The highest BCUT2D eigenvalue weighted by Crippen LogP contribution is 2.17. The van der Waals surface area contributed by atoms with Gasteiger partial charge in [0.2, 0.25) is 0 Å². The molecule has 0 aliphatic carbocycles. The lowest BCUT2D eigenvalue weighted by molar-refractivity contribution is -0.167. The van der Waals surface area contributed by atoms with Crippen molar-refractivity contribution in [3.8, 4) is 0 Å². The van der Waals surface area contributed by atoms with Crippen LogP contribution in [0, 0.1) is 11.8 Å². The van der Waals surface area contributed by atoms with E-state index >= 15 is 0 Å². The van der Waals surface area contributed by atoms with E-state index in [2.05, 4.69) is 34.6 Å². The maximum absolute atomic E-state index is 12.7. The Morgan fingerprint density at radius 1 is 0.333 bits per heavy atom. The summed E-state index contributed by atoms with van der Waals surface area (Å²) < 4.78 is 16.8. The molecule has 0 aromatic rings. The molecule has 57 heavy (non-hydrogen) atoms. The summed E-state index contributed by atoms with van der Waals surface area (Å²) in [6.07, 6.45) is 43.9. The van der Waals surface area contributed by atoms with Gasteiger partial charge in [0.25, 0.3) is 0 Å². The van der Waals surface area contributed by atoms with Gasteiger partial charge in [-0.05, 0) is 31.1 Å². The van der Waals surface area contributed by atoms with Crippen molar-refractivity contribution in [2.75, 3.05) is 13.2 Å². The molecule has 0 fully saturated rings. The van der Waals surface area contributed by atoms with Crippen molar-refractivity contribution in [1.82, 2.24) is 0 Å². The van der Waals surface area contributed by atoms with E-state index in [0.29, 0.717) is 19.3 Å². The van der Waals surface area contributed by atoms with Crippen LogP contribution < -0.4 is 0 Å². The third kappa shape index (κ3) is 45.3. The Balaban J connectivity index is 4.24. The Kier molecular flexibility index (Phi) is 42.7. The van der Waals surface area contributed by atoms with Crippen LogP contribution in [-0.2, 0) is 28.6 Å². The summed E-state index contributed by atoms with van der Waals surface area (Å²) in [6, 6.07) is 0. The average Bonchev–Trinajstić information content (AvgIpc) is 3.18. The minimum Gasteiger partial charge on any atom is -0.462 e. The molecule has 0 N–H and O–H groups in total. The second kappa shape index (κ2) is 44.0. The first-order valence-corrected chi connectivity index (χ1v) is 25.2. The van der Waals surface area contributed by atoms with Gasteiger partial charge in [0, 0.05) is 19.3 Å². The van der Waals surface area contributed by atoms with E-state index in [1.165, 1.54) is 167 Å². The molecule has 6 nitrogen and oxygen atoms in total. The molecule has 0 aromatic heterocycles. The van der Waals surface area contributed by atoms with Crippen molar-refractivity contribution in [2.24, 2.45) is 11.8 Å². The van der Waals surface area contributed by atoms with Crippen molar-refractivity contribution in [2.45, 2.75) is 285 Å². The monoisotopic (exact) mass is 807 g/mol. The van der Waals surface area contributed by atoms with Crippen LogP contribution in [0.3, 0.4) is 0 Å². The van der Waals surface area contributed by atoms with Gasteiger partial charge in [0.15, 0.2) is 6.10 Å². The predicted molar refractivity (Wildman–Crippen MR) is 243 cm³/mol. The van der Waals surface area contributed by atoms with E-state index in [1.54, 1.807) is 0 Å². The van der Waals surface area contributed by atoms with Crippen LogP contribution >= 0.6 is 0 Å². The van der Waals surface area contributed by atoms with Crippen LogP contribution in [0.4, 0.5) is 0 Å². The van der Waals surface area contributed by atoms with Gasteiger partial charge in [-0.15, -0.1) is 0 Å². The highest BCUT2D eigenvalue weighted by Gasteiger charge is 2.19. The third-order valence-electron chi connectivity index (χ3n) is 11.5. The molecule has 0 spiro atoms.